The molecule has 0 aliphatic rings. The number of rotatable bonds is 5. The average molecular weight is 416 g/mol. The number of carbonyl (C=O) groups excluding carboxylic acids is 1. The van der Waals surface area contributed by atoms with Crippen molar-refractivity contribution < 1.29 is 26.4 Å². The molecule has 0 saturated heterocycles. The molecule has 0 bridgehead atoms. The topological polar surface area (TPSA) is 51.2 Å². The van der Waals surface area contributed by atoms with Crippen LogP contribution in [0.15, 0.2) is 83.8 Å². The zero-order valence-corrected chi connectivity index (χ0v) is 15.7. The van der Waals surface area contributed by atoms with Crippen molar-refractivity contribution in [3.8, 4) is 0 Å². The molecule has 0 radical (unpaired) electrons. The molecule has 0 heterocycles. The zero-order valence-electron chi connectivity index (χ0n) is 14.9. The first-order valence-electron chi connectivity index (χ1n) is 8.46. The van der Waals surface area contributed by atoms with Crippen molar-refractivity contribution in [2.45, 2.75) is 11.1 Å². The van der Waals surface area contributed by atoms with E-state index < -0.39 is 21.6 Å². The van der Waals surface area contributed by atoms with Crippen molar-refractivity contribution in [2.75, 3.05) is 0 Å². The molecular formula is C22H15F3O3S. The van der Waals surface area contributed by atoms with Crippen molar-refractivity contribution in [3.63, 3.8) is 0 Å². The number of hydrogen-bond donors (Lipinski definition) is 0. The average Bonchev–Trinajstić information content (AvgIpc) is 2.72. The van der Waals surface area contributed by atoms with Crippen LogP contribution in [-0.2, 0) is 16.0 Å². The van der Waals surface area contributed by atoms with Crippen LogP contribution in [-0.4, -0.2) is 14.7 Å². The van der Waals surface area contributed by atoms with Crippen molar-refractivity contribution in [1.82, 2.24) is 0 Å². The third-order valence-electron chi connectivity index (χ3n) is 4.21. The second-order valence-electron chi connectivity index (χ2n) is 6.18. The standard InChI is InChI=1S/C22H15F3O3S/c23-22(24,25)19-12-10-18(11-13-19)21(14-16-6-8-17(15-26)9-7-16)29(27,28)20-4-2-1-3-5-20/h1-15H/b21-14+. The number of aldehydes is 1. The molecule has 0 atom stereocenters. The van der Waals surface area contributed by atoms with Crippen LogP contribution in [0.5, 0.6) is 0 Å². The molecule has 7 heteroatoms. The van der Waals surface area contributed by atoms with Crippen molar-refractivity contribution in [3.05, 3.63) is 101 Å². The highest BCUT2D eigenvalue weighted by atomic mass is 32.2. The van der Waals surface area contributed by atoms with Gasteiger partial charge in [-0.15, -0.1) is 0 Å². The largest absolute Gasteiger partial charge is 0.416 e. The predicted molar refractivity (Wildman–Crippen MR) is 105 cm³/mol. The third kappa shape index (κ3) is 4.63. The van der Waals surface area contributed by atoms with Crippen LogP contribution in [0, 0.1) is 0 Å². The summed E-state index contributed by atoms with van der Waals surface area (Å²) in [6.07, 6.45) is -2.49. The molecule has 3 aromatic rings. The van der Waals surface area contributed by atoms with Gasteiger partial charge in [-0.05, 0) is 41.5 Å². The fourth-order valence-electron chi connectivity index (χ4n) is 2.69. The van der Waals surface area contributed by atoms with E-state index in [4.69, 9.17) is 0 Å². The smallest absolute Gasteiger partial charge is 0.298 e. The first-order chi connectivity index (χ1) is 13.7. The van der Waals surface area contributed by atoms with Gasteiger partial charge in [0.2, 0.25) is 9.84 Å². The lowest BCUT2D eigenvalue weighted by Gasteiger charge is -2.12. The number of hydrogen-bond acceptors (Lipinski definition) is 3. The van der Waals surface area contributed by atoms with Gasteiger partial charge in [0.15, 0.2) is 0 Å². The minimum absolute atomic E-state index is 0.0238. The van der Waals surface area contributed by atoms with Crippen LogP contribution in [0.4, 0.5) is 13.2 Å². The van der Waals surface area contributed by atoms with E-state index in [9.17, 15) is 26.4 Å². The van der Waals surface area contributed by atoms with Gasteiger partial charge in [0, 0.05) is 5.56 Å². The Hall–Kier alpha value is -3.19. The summed E-state index contributed by atoms with van der Waals surface area (Å²) in [6, 6.07) is 17.8. The molecule has 0 fully saturated rings. The Morgan fingerprint density at radius 2 is 1.31 bits per heavy atom. The number of sulfone groups is 1. The molecular weight excluding hydrogens is 401 g/mol. The van der Waals surface area contributed by atoms with Gasteiger partial charge in [0.1, 0.15) is 6.29 Å². The number of halogens is 3. The quantitative estimate of drug-likeness (QED) is 0.408. The third-order valence-corrected chi connectivity index (χ3v) is 6.04. The lowest BCUT2D eigenvalue weighted by molar-refractivity contribution is -0.137. The van der Waals surface area contributed by atoms with E-state index in [0.717, 1.165) is 24.3 Å². The fraction of sp³-hybridized carbons (Fsp3) is 0.0455. The van der Waals surface area contributed by atoms with Gasteiger partial charge in [0.05, 0.1) is 15.4 Å². The highest BCUT2D eigenvalue weighted by molar-refractivity contribution is 8.00. The Morgan fingerprint density at radius 1 is 0.759 bits per heavy atom. The van der Waals surface area contributed by atoms with Crippen LogP contribution in [0.1, 0.15) is 27.0 Å². The summed E-state index contributed by atoms with van der Waals surface area (Å²) < 4.78 is 65.0. The Bertz CT molecular complexity index is 1130. The molecule has 0 aromatic heterocycles. The minimum atomic E-state index is -4.52. The van der Waals surface area contributed by atoms with Crippen molar-refractivity contribution in [2.24, 2.45) is 0 Å². The summed E-state index contributed by atoms with van der Waals surface area (Å²) in [5, 5.41) is 0. The van der Waals surface area contributed by atoms with Crippen LogP contribution in [0.3, 0.4) is 0 Å². The van der Waals surface area contributed by atoms with Crippen molar-refractivity contribution >= 4 is 27.1 Å². The Morgan fingerprint density at radius 3 is 1.83 bits per heavy atom. The highest BCUT2D eigenvalue weighted by Gasteiger charge is 2.31. The normalized spacial score (nSPS) is 12.6. The van der Waals surface area contributed by atoms with E-state index in [1.165, 1.54) is 30.3 Å². The molecule has 0 unspecified atom stereocenters. The Labute approximate surface area is 166 Å². The van der Waals surface area contributed by atoms with Crippen LogP contribution >= 0.6 is 0 Å². The van der Waals surface area contributed by atoms with E-state index in [0.29, 0.717) is 17.4 Å². The SMILES string of the molecule is O=Cc1ccc(/C=C(\c2ccc(C(F)(F)F)cc2)S(=O)(=O)c2ccccc2)cc1. The monoisotopic (exact) mass is 416 g/mol. The van der Waals surface area contributed by atoms with Crippen LogP contribution in [0.2, 0.25) is 0 Å². The first kappa shape index (κ1) is 20.5. The van der Waals surface area contributed by atoms with Gasteiger partial charge in [0.25, 0.3) is 0 Å². The van der Waals surface area contributed by atoms with E-state index in [2.05, 4.69) is 0 Å². The molecule has 3 aromatic carbocycles. The van der Waals surface area contributed by atoms with E-state index in [-0.39, 0.29) is 15.4 Å². The second-order valence-corrected chi connectivity index (χ2v) is 8.10. The van der Waals surface area contributed by atoms with E-state index in [1.54, 1.807) is 30.3 Å². The Balaban J connectivity index is 2.16. The van der Waals surface area contributed by atoms with Gasteiger partial charge in [-0.2, -0.15) is 13.2 Å². The summed E-state index contributed by atoms with van der Waals surface area (Å²) in [5.41, 5.74) is 0.170. The van der Waals surface area contributed by atoms with Gasteiger partial charge < -0.3 is 0 Å². The number of benzene rings is 3. The summed E-state index contributed by atoms with van der Waals surface area (Å²) in [4.78, 5) is 10.7. The number of carbonyl (C=O) groups is 1. The lowest BCUT2D eigenvalue weighted by atomic mass is 10.1. The van der Waals surface area contributed by atoms with Gasteiger partial charge in [-0.25, -0.2) is 8.42 Å². The number of alkyl halides is 3. The summed E-state index contributed by atoms with van der Waals surface area (Å²) in [6.45, 7) is 0. The first-order valence-corrected chi connectivity index (χ1v) is 9.95. The summed E-state index contributed by atoms with van der Waals surface area (Å²) >= 11 is 0. The van der Waals surface area contributed by atoms with Crippen LogP contribution in [0.25, 0.3) is 11.0 Å². The molecule has 0 N–H and O–H groups in total. The fourth-order valence-corrected chi connectivity index (χ4v) is 4.20. The van der Waals surface area contributed by atoms with E-state index in [1.807, 2.05) is 0 Å². The molecule has 29 heavy (non-hydrogen) atoms. The maximum Gasteiger partial charge on any atom is 0.416 e. The molecule has 0 aliphatic carbocycles. The molecule has 0 amide bonds. The van der Waals surface area contributed by atoms with Crippen LogP contribution < -0.4 is 0 Å². The summed E-state index contributed by atoms with van der Waals surface area (Å²) in [5.74, 6) is 0. The van der Waals surface area contributed by atoms with Crippen molar-refractivity contribution in [1.29, 1.82) is 0 Å². The molecule has 3 rings (SSSR count). The molecule has 0 aliphatic heterocycles. The van der Waals surface area contributed by atoms with E-state index >= 15 is 0 Å². The maximum absolute atomic E-state index is 13.2. The minimum Gasteiger partial charge on any atom is -0.298 e. The second kappa shape index (κ2) is 8.05. The molecule has 3 nitrogen and oxygen atoms in total. The highest BCUT2D eigenvalue weighted by Crippen LogP contribution is 2.33. The van der Waals surface area contributed by atoms with Gasteiger partial charge in [-0.3, -0.25) is 4.79 Å². The molecule has 0 saturated carbocycles. The van der Waals surface area contributed by atoms with Gasteiger partial charge >= 0.3 is 6.18 Å². The predicted octanol–water partition coefficient (Wildman–Crippen LogP) is 5.49. The zero-order chi connectivity index (χ0) is 21.1. The summed E-state index contributed by atoms with van der Waals surface area (Å²) in [7, 11) is -4.01. The maximum atomic E-state index is 13.2. The lowest BCUT2D eigenvalue weighted by Crippen LogP contribution is -2.07. The molecule has 0 spiro atoms. The van der Waals surface area contributed by atoms with Gasteiger partial charge in [-0.1, -0.05) is 54.6 Å². The molecule has 148 valence electrons. The Kier molecular flexibility index (Phi) is 5.70.